The lowest BCUT2D eigenvalue weighted by Crippen LogP contribution is -2.25. The van der Waals surface area contributed by atoms with Crippen LogP contribution in [0.4, 0.5) is 0 Å². The number of hydrogen-bond acceptors (Lipinski definition) is 2. The van der Waals surface area contributed by atoms with Gasteiger partial charge in [0, 0.05) is 25.3 Å². The summed E-state index contributed by atoms with van der Waals surface area (Å²) in [5, 5.41) is 4.83. The lowest BCUT2D eigenvalue weighted by molar-refractivity contribution is -0.129. The first-order valence-corrected chi connectivity index (χ1v) is 6.11. The standard InChI is InChI=1S/C9H12BrNOS/c1-11(9(12)2-4-10)6-8-3-5-13-7-8/h3,5,7H,2,4,6H2,1H3. The molecule has 1 rings (SSSR count). The van der Waals surface area contributed by atoms with Crippen molar-refractivity contribution in [2.45, 2.75) is 13.0 Å². The molecule has 0 saturated heterocycles. The summed E-state index contributed by atoms with van der Waals surface area (Å²) >= 11 is 4.91. The Labute approximate surface area is 90.7 Å². The number of halogens is 1. The molecular weight excluding hydrogens is 250 g/mol. The fraction of sp³-hybridized carbons (Fsp3) is 0.444. The zero-order chi connectivity index (χ0) is 9.68. The van der Waals surface area contributed by atoms with Crippen LogP contribution in [0.2, 0.25) is 0 Å². The molecule has 1 aromatic rings. The molecule has 0 saturated carbocycles. The predicted molar refractivity (Wildman–Crippen MR) is 59.2 cm³/mol. The molecular formula is C9H12BrNOS. The second-order valence-corrected chi connectivity index (χ2v) is 4.39. The zero-order valence-electron chi connectivity index (χ0n) is 7.50. The van der Waals surface area contributed by atoms with Crippen LogP contribution in [0.15, 0.2) is 16.8 Å². The Morgan fingerprint density at radius 2 is 2.46 bits per heavy atom. The molecule has 72 valence electrons. The van der Waals surface area contributed by atoms with Gasteiger partial charge in [-0.25, -0.2) is 0 Å². The van der Waals surface area contributed by atoms with Crippen LogP contribution in [0.1, 0.15) is 12.0 Å². The van der Waals surface area contributed by atoms with Crippen molar-refractivity contribution in [3.8, 4) is 0 Å². The summed E-state index contributed by atoms with van der Waals surface area (Å²) in [5.74, 6) is 0.183. The minimum Gasteiger partial charge on any atom is -0.341 e. The highest BCUT2D eigenvalue weighted by Crippen LogP contribution is 2.09. The van der Waals surface area contributed by atoms with Gasteiger partial charge in [-0.3, -0.25) is 4.79 Å². The van der Waals surface area contributed by atoms with Crippen LogP contribution in [-0.4, -0.2) is 23.2 Å². The maximum atomic E-state index is 11.4. The molecule has 1 amide bonds. The van der Waals surface area contributed by atoms with E-state index in [-0.39, 0.29) is 5.91 Å². The molecule has 0 fully saturated rings. The molecule has 0 aromatic carbocycles. The van der Waals surface area contributed by atoms with Gasteiger partial charge < -0.3 is 4.90 Å². The average molecular weight is 262 g/mol. The van der Waals surface area contributed by atoms with Crippen molar-refractivity contribution in [2.24, 2.45) is 0 Å². The third-order valence-electron chi connectivity index (χ3n) is 1.73. The van der Waals surface area contributed by atoms with Crippen molar-refractivity contribution in [3.05, 3.63) is 22.4 Å². The highest BCUT2D eigenvalue weighted by atomic mass is 79.9. The second-order valence-electron chi connectivity index (χ2n) is 2.82. The van der Waals surface area contributed by atoms with Crippen LogP contribution >= 0.6 is 27.3 Å². The van der Waals surface area contributed by atoms with E-state index >= 15 is 0 Å². The first kappa shape index (κ1) is 10.7. The van der Waals surface area contributed by atoms with Gasteiger partial charge in [0.15, 0.2) is 0 Å². The van der Waals surface area contributed by atoms with Crippen molar-refractivity contribution < 1.29 is 4.79 Å². The second kappa shape index (κ2) is 5.40. The molecule has 0 aliphatic carbocycles. The number of carbonyl (C=O) groups is 1. The first-order valence-electron chi connectivity index (χ1n) is 4.05. The Kier molecular flexibility index (Phi) is 4.45. The van der Waals surface area contributed by atoms with E-state index in [2.05, 4.69) is 21.3 Å². The van der Waals surface area contributed by atoms with Gasteiger partial charge in [-0.15, -0.1) is 0 Å². The summed E-state index contributed by atoms with van der Waals surface area (Å²) in [6.07, 6.45) is 0.570. The lowest BCUT2D eigenvalue weighted by Gasteiger charge is -2.15. The Bertz CT molecular complexity index is 261. The molecule has 13 heavy (non-hydrogen) atoms. The van der Waals surface area contributed by atoms with E-state index in [1.165, 1.54) is 5.56 Å². The Hall–Kier alpha value is -0.350. The van der Waals surface area contributed by atoms with Crippen molar-refractivity contribution in [1.29, 1.82) is 0 Å². The van der Waals surface area contributed by atoms with E-state index in [9.17, 15) is 4.79 Å². The third kappa shape index (κ3) is 3.48. The van der Waals surface area contributed by atoms with Crippen LogP contribution in [-0.2, 0) is 11.3 Å². The van der Waals surface area contributed by atoms with E-state index in [0.717, 1.165) is 11.9 Å². The number of thiophene rings is 1. The van der Waals surface area contributed by atoms with Gasteiger partial charge in [0.2, 0.25) is 5.91 Å². The van der Waals surface area contributed by atoms with Crippen LogP contribution in [0.3, 0.4) is 0 Å². The molecule has 2 nitrogen and oxygen atoms in total. The molecule has 0 N–H and O–H groups in total. The molecule has 0 aliphatic heterocycles. The van der Waals surface area contributed by atoms with Crippen LogP contribution in [0, 0.1) is 0 Å². The molecule has 0 atom stereocenters. The topological polar surface area (TPSA) is 20.3 Å². The van der Waals surface area contributed by atoms with Crippen LogP contribution in [0.25, 0.3) is 0 Å². The Balaban J connectivity index is 2.41. The van der Waals surface area contributed by atoms with E-state index in [0.29, 0.717) is 6.42 Å². The summed E-state index contributed by atoms with van der Waals surface area (Å²) in [4.78, 5) is 13.1. The monoisotopic (exact) mass is 261 g/mol. The van der Waals surface area contributed by atoms with Gasteiger partial charge >= 0.3 is 0 Å². The van der Waals surface area contributed by atoms with E-state index in [4.69, 9.17) is 0 Å². The van der Waals surface area contributed by atoms with Gasteiger partial charge in [-0.05, 0) is 22.4 Å². The van der Waals surface area contributed by atoms with E-state index < -0.39 is 0 Å². The summed E-state index contributed by atoms with van der Waals surface area (Å²) in [6.45, 7) is 0.718. The Morgan fingerprint density at radius 1 is 1.69 bits per heavy atom. The molecule has 1 heterocycles. The summed E-state index contributed by atoms with van der Waals surface area (Å²) in [5.41, 5.74) is 1.20. The smallest absolute Gasteiger partial charge is 0.223 e. The van der Waals surface area contributed by atoms with Gasteiger partial charge in [0.1, 0.15) is 0 Å². The number of carbonyl (C=O) groups excluding carboxylic acids is 1. The largest absolute Gasteiger partial charge is 0.341 e. The van der Waals surface area contributed by atoms with Crippen LogP contribution in [0.5, 0.6) is 0 Å². The molecule has 0 unspecified atom stereocenters. The minimum absolute atomic E-state index is 0.183. The van der Waals surface area contributed by atoms with Gasteiger partial charge in [-0.1, -0.05) is 15.9 Å². The maximum absolute atomic E-state index is 11.4. The maximum Gasteiger partial charge on any atom is 0.223 e. The SMILES string of the molecule is CN(Cc1ccsc1)C(=O)CCBr. The fourth-order valence-electron chi connectivity index (χ4n) is 1.02. The quantitative estimate of drug-likeness (QED) is 0.763. The molecule has 0 bridgehead atoms. The number of hydrogen-bond donors (Lipinski definition) is 0. The predicted octanol–water partition coefficient (Wildman–Crippen LogP) is 2.49. The van der Waals surface area contributed by atoms with Gasteiger partial charge in [0.05, 0.1) is 0 Å². The van der Waals surface area contributed by atoms with E-state index in [1.807, 2.05) is 18.5 Å². The van der Waals surface area contributed by atoms with Crippen molar-refractivity contribution >= 4 is 33.2 Å². The number of rotatable bonds is 4. The molecule has 0 aliphatic rings. The lowest BCUT2D eigenvalue weighted by atomic mass is 10.3. The van der Waals surface area contributed by atoms with Crippen molar-refractivity contribution in [2.75, 3.05) is 12.4 Å². The van der Waals surface area contributed by atoms with E-state index in [1.54, 1.807) is 16.2 Å². The number of nitrogens with zero attached hydrogens (tertiary/aromatic N) is 1. The fourth-order valence-corrected chi connectivity index (χ4v) is 2.02. The Morgan fingerprint density at radius 3 is 3.00 bits per heavy atom. The number of alkyl halides is 1. The van der Waals surface area contributed by atoms with Crippen molar-refractivity contribution in [1.82, 2.24) is 4.90 Å². The molecule has 0 radical (unpaired) electrons. The summed E-state index contributed by atoms with van der Waals surface area (Å²) in [6, 6.07) is 2.04. The average Bonchev–Trinajstić information content (AvgIpc) is 2.57. The van der Waals surface area contributed by atoms with Crippen molar-refractivity contribution in [3.63, 3.8) is 0 Å². The zero-order valence-corrected chi connectivity index (χ0v) is 9.90. The molecule has 1 aromatic heterocycles. The highest BCUT2D eigenvalue weighted by molar-refractivity contribution is 9.09. The van der Waals surface area contributed by atoms with Gasteiger partial charge in [0.25, 0.3) is 0 Å². The normalized spacial score (nSPS) is 10.0. The summed E-state index contributed by atoms with van der Waals surface area (Å²) < 4.78 is 0. The highest BCUT2D eigenvalue weighted by Gasteiger charge is 2.07. The van der Waals surface area contributed by atoms with Gasteiger partial charge in [-0.2, -0.15) is 11.3 Å². The number of amides is 1. The molecule has 4 heteroatoms. The first-order chi connectivity index (χ1) is 6.24. The van der Waals surface area contributed by atoms with Crippen LogP contribution < -0.4 is 0 Å². The third-order valence-corrected chi connectivity index (χ3v) is 2.86. The minimum atomic E-state index is 0.183. The molecule has 0 spiro atoms. The summed E-state index contributed by atoms with van der Waals surface area (Å²) in [7, 11) is 1.84.